The monoisotopic (exact) mass is 435 g/mol. The van der Waals surface area contributed by atoms with Crippen molar-refractivity contribution in [3.8, 4) is 33.6 Å². The molecule has 0 fully saturated rings. The molecule has 0 bridgehead atoms. The van der Waals surface area contributed by atoms with Crippen LogP contribution in [0.5, 0.6) is 0 Å². The average molecular weight is 436 g/mol. The van der Waals surface area contributed by atoms with E-state index in [-0.39, 0.29) is 0 Å². The summed E-state index contributed by atoms with van der Waals surface area (Å²) in [6.07, 6.45) is 0. The molecule has 32 heavy (non-hydrogen) atoms. The van der Waals surface area contributed by atoms with Gasteiger partial charge in [-0.1, -0.05) is 78.3 Å². The van der Waals surface area contributed by atoms with Crippen LogP contribution >= 0.6 is 11.6 Å². The van der Waals surface area contributed by atoms with E-state index in [1.807, 2.05) is 54.6 Å². The van der Waals surface area contributed by atoms with E-state index < -0.39 is 11.6 Å². The van der Waals surface area contributed by atoms with Crippen molar-refractivity contribution in [1.82, 2.24) is 15.2 Å². The van der Waals surface area contributed by atoms with Crippen molar-refractivity contribution in [1.29, 1.82) is 0 Å². The number of hydrogen-bond donors (Lipinski definition) is 1. The second-order valence-corrected chi connectivity index (χ2v) is 8.02. The highest BCUT2D eigenvalue weighted by Gasteiger charge is 2.36. The smallest absolute Gasteiger partial charge is 0.236 e. The summed E-state index contributed by atoms with van der Waals surface area (Å²) in [6.45, 7) is 0. The van der Waals surface area contributed by atoms with Gasteiger partial charge in [0.15, 0.2) is 5.65 Å². The molecule has 5 nitrogen and oxygen atoms in total. The van der Waals surface area contributed by atoms with Crippen molar-refractivity contribution in [3.63, 3.8) is 0 Å². The summed E-state index contributed by atoms with van der Waals surface area (Å²) in [5, 5.41) is 8.86. The molecule has 2 aromatic heterocycles. The van der Waals surface area contributed by atoms with Gasteiger partial charge in [-0.15, -0.1) is 0 Å². The van der Waals surface area contributed by atoms with Crippen molar-refractivity contribution in [3.05, 3.63) is 95.0 Å². The van der Waals surface area contributed by atoms with E-state index in [1.165, 1.54) is 0 Å². The van der Waals surface area contributed by atoms with E-state index >= 15 is 0 Å². The third-order valence-electron chi connectivity index (χ3n) is 5.76. The lowest BCUT2D eigenvalue weighted by atomic mass is 9.82. The van der Waals surface area contributed by atoms with Gasteiger partial charge in [-0.3, -0.25) is 14.7 Å². The van der Waals surface area contributed by atoms with Crippen LogP contribution in [-0.2, 0) is 0 Å². The molecule has 1 N–H and O–H groups in total. The lowest BCUT2D eigenvalue weighted by molar-refractivity contribution is 0.0815. The molecule has 0 atom stereocenters. The number of hydrogen-bond acceptors (Lipinski definition) is 4. The summed E-state index contributed by atoms with van der Waals surface area (Å²) in [6, 6.07) is 24.0. The minimum absolute atomic E-state index is 0.309. The Hall–Kier alpha value is -4.09. The molecule has 2 heterocycles. The molecule has 0 amide bonds. The molecule has 152 valence electrons. The van der Waals surface area contributed by atoms with Gasteiger partial charge in [0.05, 0.1) is 22.3 Å². The standard InChI is InChI=1S/C26H14ClN3O2/c27-16-12-10-15(11-13-16)22-21-19(14-6-2-1-3-7-14)20-23(28-26(21)30-29-22)17-8-4-5-9-18(17)24(31)25(20)32/h1-13H,(H,28,29,30). The molecule has 1 aliphatic rings. The van der Waals surface area contributed by atoms with Crippen LogP contribution in [0.25, 0.3) is 44.7 Å². The number of aromatic nitrogens is 3. The van der Waals surface area contributed by atoms with Crippen LogP contribution in [0.4, 0.5) is 0 Å². The van der Waals surface area contributed by atoms with E-state index in [4.69, 9.17) is 16.6 Å². The number of nitrogens with one attached hydrogen (secondary N) is 1. The highest BCUT2D eigenvalue weighted by molar-refractivity contribution is 6.54. The SMILES string of the molecule is O=C1C(=O)c2c(nc3n[nH]c(-c4ccc(Cl)cc4)c3c2-c2ccccc2)-c2ccccc21. The Morgan fingerprint density at radius 1 is 0.688 bits per heavy atom. The fourth-order valence-electron chi connectivity index (χ4n) is 4.31. The lowest BCUT2D eigenvalue weighted by Crippen LogP contribution is -2.23. The summed E-state index contributed by atoms with van der Waals surface area (Å²) in [5.74, 6) is -1.09. The Labute approximate surface area is 187 Å². The number of benzene rings is 3. The van der Waals surface area contributed by atoms with Gasteiger partial charge in [0.2, 0.25) is 11.6 Å². The Morgan fingerprint density at radius 2 is 1.38 bits per heavy atom. The zero-order valence-electron chi connectivity index (χ0n) is 16.6. The van der Waals surface area contributed by atoms with Gasteiger partial charge in [-0.25, -0.2) is 4.98 Å². The van der Waals surface area contributed by atoms with Gasteiger partial charge in [0, 0.05) is 27.3 Å². The van der Waals surface area contributed by atoms with Crippen LogP contribution in [-0.4, -0.2) is 26.7 Å². The lowest BCUT2D eigenvalue weighted by Gasteiger charge is -2.20. The first-order valence-corrected chi connectivity index (χ1v) is 10.4. The molecular weight excluding hydrogens is 422 g/mol. The summed E-state index contributed by atoms with van der Waals surface area (Å²) in [7, 11) is 0. The largest absolute Gasteiger partial charge is 0.285 e. The van der Waals surface area contributed by atoms with E-state index in [0.717, 1.165) is 11.1 Å². The average Bonchev–Trinajstić information content (AvgIpc) is 3.26. The number of nitrogens with zero attached hydrogens (tertiary/aromatic N) is 2. The fourth-order valence-corrected chi connectivity index (χ4v) is 4.44. The second kappa shape index (κ2) is 6.97. The number of fused-ring (bicyclic) bond motifs is 4. The maximum Gasteiger partial charge on any atom is 0.236 e. The predicted molar refractivity (Wildman–Crippen MR) is 124 cm³/mol. The van der Waals surface area contributed by atoms with E-state index in [9.17, 15) is 9.59 Å². The normalized spacial score (nSPS) is 12.7. The van der Waals surface area contributed by atoms with Crippen LogP contribution in [0.2, 0.25) is 5.02 Å². The van der Waals surface area contributed by atoms with Crippen molar-refractivity contribution in [2.75, 3.05) is 0 Å². The summed E-state index contributed by atoms with van der Waals surface area (Å²) < 4.78 is 0. The summed E-state index contributed by atoms with van der Waals surface area (Å²) in [4.78, 5) is 31.2. The van der Waals surface area contributed by atoms with Crippen LogP contribution < -0.4 is 0 Å². The number of ketones is 2. The molecule has 0 radical (unpaired) electrons. The van der Waals surface area contributed by atoms with Crippen LogP contribution in [0.3, 0.4) is 0 Å². The van der Waals surface area contributed by atoms with Crippen molar-refractivity contribution >= 4 is 34.2 Å². The predicted octanol–water partition coefficient (Wildman–Crippen LogP) is 5.99. The molecule has 1 aliphatic carbocycles. The quantitative estimate of drug-likeness (QED) is 0.345. The van der Waals surface area contributed by atoms with Crippen molar-refractivity contribution < 1.29 is 9.59 Å². The zero-order chi connectivity index (χ0) is 21.8. The van der Waals surface area contributed by atoms with Crippen LogP contribution in [0.1, 0.15) is 20.7 Å². The van der Waals surface area contributed by atoms with Gasteiger partial charge in [0.1, 0.15) is 0 Å². The molecule has 0 aliphatic heterocycles. The van der Waals surface area contributed by atoms with Crippen molar-refractivity contribution in [2.45, 2.75) is 0 Å². The zero-order valence-corrected chi connectivity index (χ0v) is 17.4. The topological polar surface area (TPSA) is 75.7 Å². The molecule has 5 aromatic rings. The molecule has 0 spiro atoms. The Balaban J connectivity index is 1.78. The van der Waals surface area contributed by atoms with Crippen molar-refractivity contribution in [2.24, 2.45) is 0 Å². The Kier molecular flexibility index (Phi) is 4.06. The number of H-pyrrole nitrogens is 1. The Morgan fingerprint density at radius 3 is 2.12 bits per heavy atom. The van der Waals surface area contributed by atoms with Gasteiger partial charge in [0.25, 0.3) is 0 Å². The first kappa shape index (κ1) is 18.7. The van der Waals surface area contributed by atoms with Crippen LogP contribution in [0, 0.1) is 0 Å². The summed E-state index contributed by atoms with van der Waals surface area (Å²) in [5.41, 5.74) is 5.30. The first-order valence-electron chi connectivity index (χ1n) is 10.1. The van der Waals surface area contributed by atoms with Gasteiger partial charge < -0.3 is 0 Å². The highest BCUT2D eigenvalue weighted by atomic mass is 35.5. The third kappa shape index (κ3) is 2.65. The van der Waals surface area contributed by atoms with E-state index in [2.05, 4.69) is 10.2 Å². The van der Waals surface area contributed by atoms with Crippen LogP contribution in [0.15, 0.2) is 78.9 Å². The number of Topliss-reactive ketones (excluding diaryl/α,β-unsaturated/α-hetero) is 2. The molecule has 6 rings (SSSR count). The van der Waals surface area contributed by atoms with Gasteiger partial charge >= 0.3 is 0 Å². The number of halogens is 1. The number of rotatable bonds is 2. The summed E-state index contributed by atoms with van der Waals surface area (Å²) >= 11 is 6.08. The maximum atomic E-state index is 13.4. The molecule has 6 heteroatoms. The number of pyridine rings is 1. The highest BCUT2D eigenvalue weighted by Crippen LogP contribution is 2.43. The molecule has 3 aromatic carbocycles. The molecule has 0 saturated carbocycles. The minimum Gasteiger partial charge on any atom is -0.285 e. The Bertz CT molecular complexity index is 1550. The second-order valence-electron chi connectivity index (χ2n) is 7.58. The number of carbonyl (C=O) groups is 2. The third-order valence-corrected chi connectivity index (χ3v) is 6.01. The van der Waals surface area contributed by atoms with Gasteiger partial charge in [-0.2, -0.15) is 5.10 Å². The van der Waals surface area contributed by atoms with E-state index in [1.54, 1.807) is 24.3 Å². The first-order chi connectivity index (χ1) is 15.6. The molecular formula is C26H14ClN3O2. The number of aromatic amines is 1. The fraction of sp³-hybridized carbons (Fsp3) is 0. The maximum absolute atomic E-state index is 13.4. The van der Waals surface area contributed by atoms with E-state index in [0.29, 0.717) is 49.7 Å². The molecule has 0 unspecified atom stereocenters. The minimum atomic E-state index is -0.560. The molecule has 0 saturated heterocycles. The number of carbonyl (C=O) groups excluding carboxylic acids is 2. The van der Waals surface area contributed by atoms with Gasteiger partial charge in [-0.05, 0) is 17.7 Å².